The van der Waals surface area contributed by atoms with Crippen LogP contribution in [0.5, 0.6) is 0 Å². The van der Waals surface area contributed by atoms with E-state index < -0.39 is 23.2 Å². The molecule has 0 fully saturated rings. The fourth-order valence-electron chi connectivity index (χ4n) is 2.57. The van der Waals surface area contributed by atoms with Crippen LogP contribution in [0.15, 0.2) is 63.9 Å². The normalized spacial score (nSPS) is 10.5. The van der Waals surface area contributed by atoms with E-state index in [0.717, 1.165) is 10.2 Å². The van der Waals surface area contributed by atoms with E-state index in [1.807, 2.05) is 19.1 Å². The summed E-state index contributed by atoms with van der Waals surface area (Å²) in [4.78, 5) is 36.5. The molecule has 0 aliphatic carbocycles. The fourth-order valence-corrected chi connectivity index (χ4v) is 2.91. The number of benzene rings is 2. The highest BCUT2D eigenvalue weighted by Gasteiger charge is 2.12. The number of nitrogens with zero attached hydrogens (tertiary/aromatic N) is 2. The Hall–Kier alpha value is -3.33. The number of aromatic nitrogens is 2. The Labute approximate surface area is 180 Å². The Morgan fingerprint density at radius 3 is 2.50 bits per heavy atom. The summed E-state index contributed by atoms with van der Waals surface area (Å²) in [5, 5.41) is 9.17. The second-order valence-corrected chi connectivity index (χ2v) is 7.44. The predicted molar refractivity (Wildman–Crippen MR) is 115 cm³/mol. The summed E-state index contributed by atoms with van der Waals surface area (Å²) >= 11 is 3.14. The number of hydrogen-bond acceptors (Lipinski definition) is 4. The topological polar surface area (TPSA) is 93.1 Å². The molecule has 1 heterocycles. The molecule has 0 bridgehead atoms. The first-order valence-electron chi connectivity index (χ1n) is 9.03. The summed E-state index contributed by atoms with van der Waals surface area (Å²) in [6.07, 6.45) is -0.120. The average Bonchev–Trinajstić information content (AvgIpc) is 2.71. The number of halogens is 2. The van der Waals surface area contributed by atoms with Crippen LogP contribution in [-0.2, 0) is 11.3 Å². The highest BCUT2D eigenvalue weighted by atomic mass is 79.9. The Bertz CT molecular complexity index is 1150. The molecule has 0 aliphatic heterocycles. The number of nitrogens with one attached hydrogen (secondary N) is 2. The molecule has 0 radical (unpaired) electrons. The number of carbonyl (C=O) groups is 2. The van der Waals surface area contributed by atoms with E-state index in [1.165, 1.54) is 24.3 Å². The van der Waals surface area contributed by atoms with Gasteiger partial charge in [-0.2, -0.15) is 5.10 Å². The van der Waals surface area contributed by atoms with Gasteiger partial charge in [-0.15, -0.1) is 0 Å². The Morgan fingerprint density at radius 1 is 1.07 bits per heavy atom. The number of carbonyl (C=O) groups excluding carboxylic acids is 2. The van der Waals surface area contributed by atoms with E-state index >= 15 is 0 Å². The molecule has 154 valence electrons. The van der Waals surface area contributed by atoms with E-state index in [1.54, 1.807) is 18.2 Å². The molecule has 0 aliphatic rings. The molecule has 0 atom stereocenters. The van der Waals surface area contributed by atoms with Crippen molar-refractivity contribution in [3.63, 3.8) is 0 Å². The van der Waals surface area contributed by atoms with Gasteiger partial charge >= 0.3 is 0 Å². The summed E-state index contributed by atoms with van der Waals surface area (Å²) in [5.41, 5.74) is 1.27. The Kier molecular flexibility index (Phi) is 6.73. The summed E-state index contributed by atoms with van der Waals surface area (Å²) in [6, 6.07) is 14.0. The molecule has 2 aromatic carbocycles. The first kappa shape index (κ1) is 21.4. The van der Waals surface area contributed by atoms with Gasteiger partial charge < -0.3 is 10.6 Å². The van der Waals surface area contributed by atoms with Crippen molar-refractivity contribution < 1.29 is 14.0 Å². The minimum atomic E-state index is -0.581. The van der Waals surface area contributed by atoms with Crippen molar-refractivity contribution in [1.29, 1.82) is 0 Å². The van der Waals surface area contributed by atoms with E-state index in [4.69, 9.17) is 0 Å². The van der Waals surface area contributed by atoms with Crippen molar-refractivity contribution >= 4 is 39.1 Å². The number of aryl methyl sites for hydroxylation is 2. The third kappa shape index (κ3) is 5.60. The van der Waals surface area contributed by atoms with Gasteiger partial charge in [0, 0.05) is 22.6 Å². The minimum Gasteiger partial charge on any atom is -0.324 e. The van der Waals surface area contributed by atoms with Crippen molar-refractivity contribution in [2.24, 2.45) is 0 Å². The van der Waals surface area contributed by atoms with Crippen molar-refractivity contribution in [3.8, 4) is 0 Å². The smallest absolute Gasteiger partial charge is 0.276 e. The monoisotopic (exact) mass is 472 g/mol. The number of amides is 2. The van der Waals surface area contributed by atoms with Crippen LogP contribution in [-0.4, -0.2) is 21.6 Å². The summed E-state index contributed by atoms with van der Waals surface area (Å²) in [6.45, 7) is 1.87. The molecular formula is C21H18BrFN4O3. The predicted octanol–water partition coefficient (Wildman–Crippen LogP) is 3.73. The molecule has 3 aromatic rings. The molecule has 0 spiro atoms. The third-order valence-corrected chi connectivity index (χ3v) is 4.66. The van der Waals surface area contributed by atoms with Gasteiger partial charge in [-0.25, -0.2) is 9.07 Å². The quantitative estimate of drug-likeness (QED) is 0.571. The van der Waals surface area contributed by atoms with E-state index in [2.05, 4.69) is 31.7 Å². The molecule has 2 amide bonds. The molecule has 3 rings (SSSR count). The van der Waals surface area contributed by atoms with Gasteiger partial charge in [-0.3, -0.25) is 14.4 Å². The molecule has 9 heteroatoms. The van der Waals surface area contributed by atoms with Crippen molar-refractivity contribution in [2.45, 2.75) is 19.9 Å². The molecule has 0 unspecified atom stereocenters. The van der Waals surface area contributed by atoms with Gasteiger partial charge in [0.15, 0.2) is 0 Å². The maximum atomic E-state index is 13.8. The molecular weight excluding hydrogens is 455 g/mol. The standard InChI is InChI=1S/C21H18BrFN4O3/c1-13-2-5-15(6-3-13)24-21(30)18-8-9-20(29)27(26-18)11-10-19(28)25-17-7-4-14(22)12-16(17)23/h2-9,12H,10-11H2,1H3,(H,24,30)(H,25,28). The summed E-state index contributed by atoms with van der Waals surface area (Å²) in [7, 11) is 0. The molecule has 30 heavy (non-hydrogen) atoms. The van der Waals surface area contributed by atoms with Crippen LogP contribution in [0, 0.1) is 12.7 Å². The molecule has 0 saturated heterocycles. The van der Waals surface area contributed by atoms with Gasteiger partial charge in [0.2, 0.25) is 5.91 Å². The van der Waals surface area contributed by atoms with Gasteiger partial charge in [0.05, 0.1) is 12.2 Å². The van der Waals surface area contributed by atoms with Crippen LogP contribution in [0.4, 0.5) is 15.8 Å². The van der Waals surface area contributed by atoms with Gasteiger partial charge in [0.25, 0.3) is 11.5 Å². The van der Waals surface area contributed by atoms with Crippen LogP contribution in [0.3, 0.4) is 0 Å². The van der Waals surface area contributed by atoms with Crippen molar-refractivity contribution in [3.05, 3.63) is 86.5 Å². The first-order chi connectivity index (χ1) is 14.3. The lowest BCUT2D eigenvalue weighted by atomic mass is 10.2. The maximum Gasteiger partial charge on any atom is 0.276 e. The lowest BCUT2D eigenvalue weighted by Gasteiger charge is -2.09. The van der Waals surface area contributed by atoms with Crippen LogP contribution in [0.1, 0.15) is 22.5 Å². The highest BCUT2D eigenvalue weighted by Crippen LogP contribution is 2.19. The Morgan fingerprint density at radius 2 is 1.80 bits per heavy atom. The van der Waals surface area contributed by atoms with Crippen LogP contribution in [0.2, 0.25) is 0 Å². The lowest BCUT2D eigenvalue weighted by molar-refractivity contribution is -0.116. The van der Waals surface area contributed by atoms with Gasteiger partial charge in [-0.05, 0) is 43.3 Å². The van der Waals surface area contributed by atoms with E-state index in [0.29, 0.717) is 10.2 Å². The van der Waals surface area contributed by atoms with E-state index in [9.17, 15) is 18.8 Å². The van der Waals surface area contributed by atoms with E-state index in [-0.39, 0.29) is 24.3 Å². The summed E-state index contributed by atoms with van der Waals surface area (Å²) in [5.74, 6) is -1.55. The van der Waals surface area contributed by atoms with Gasteiger partial charge in [-0.1, -0.05) is 33.6 Å². The highest BCUT2D eigenvalue weighted by molar-refractivity contribution is 9.10. The van der Waals surface area contributed by atoms with Crippen LogP contribution < -0.4 is 16.2 Å². The fraction of sp³-hybridized carbons (Fsp3) is 0.143. The molecule has 1 aromatic heterocycles. The Balaban J connectivity index is 1.64. The zero-order valence-corrected chi connectivity index (χ0v) is 17.6. The minimum absolute atomic E-state index is 0.0366. The van der Waals surface area contributed by atoms with Gasteiger partial charge in [0.1, 0.15) is 11.5 Å². The number of anilines is 2. The van der Waals surface area contributed by atoms with Crippen molar-refractivity contribution in [2.75, 3.05) is 10.6 Å². The average molecular weight is 473 g/mol. The molecule has 2 N–H and O–H groups in total. The van der Waals surface area contributed by atoms with Crippen LogP contribution >= 0.6 is 15.9 Å². The first-order valence-corrected chi connectivity index (χ1v) is 9.82. The third-order valence-electron chi connectivity index (χ3n) is 4.16. The SMILES string of the molecule is Cc1ccc(NC(=O)c2ccc(=O)n(CCC(=O)Nc3ccc(Br)cc3F)n2)cc1. The molecule has 7 nitrogen and oxygen atoms in total. The van der Waals surface area contributed by atoms with Crippen molar-refractivity contribution in [1.82, 2.24) is 9.78 Å². The second kappa shape index (κ2) is 9.45. The van der Waals surface area contributed by atoms with Crippen LogP contribution in [0.25, 0.3) is 0 Å². The largest absolute Gasteiger partial charge is 0.324 e. The summed E-state index contributed by atoms with van der Waals surface area (Å²) < 4.78 is 15.4. The number of hydrogen-bond donors (Lipinski definition) is 2. The zero-order chi connectivity index (χ0) is 21.7. The number of rotatable bonds is 6. The second-order valence-electron chi connectivity index (χ2n) is 6.52. The zero-order valence-electron chi connectivity index (χ0n) is 16.0. The molecule has 0 saturated carbocycles. The maximum absolute atomic E-state index is 13.8. The lowest BCUT2D eigenvalue weighted by Crippen LogP contribution is -2.28.